The van der Waals surface area contributed by atoms with Crippen molar-refractivity contribution in [2.24, 2.45) is 0 Å². The van der Waals surface area contributed by atoms with Crippen molar-refractivity contribution in [1.29, 1.82) is 0 Å². The van der Waals surface area contributed by atoms with Crippen LogP contribution >= 0.6 is 0 Å². The quantitative estimate of drug-likeness (QED) is 0.671. The first-order valence-electron chi connectivity index (χ1n) is 4.18. The zero-order valence-electron chi connectivity index (χ0n) is 7.98. The molecule has 0 bridgehead atoms. The van der Waals surface area contributed by atoms with Gasteiger partial charge in [-0.2, -0.15) is 0 Å². The molecule has 1 unspecified atom stereocenters. The van der Waals surface area contributed by atoms with Gasteiger partial charge in [0.25, 0.3) is 0 Å². The van der Waals surface area contributed by atoms with Gasteiger partial charge in [-0.05, 0) is 25.5 Å². The van der Waals surface area contributed by atoms with E-state index in [0.717, 1.165) is 6.07 Å². The Balaban J connectivity index is 3.22. The summed E-state index contributed by atoms with van der Waals surface area (Å²) in [6.07, 6.45) is 0. The van der Waals surface area contributed by atoms with Crippen LogP contribution in [0.25, 0.3) is 0 Å². The van der Waals surface area contributed by atoms with Gasteiger partial charge < -0.3 is 15.3 Å². The van der Waals surface area contributed by atoms with E-state index in [2.05, 4.69) is 0 Å². The molecule has 0 amide bonds. The fourth-order valence-corrected chi connectivity index (χ4v) is 1.19. The monoisotopic (exact) mass is 196 g/mol. The lowest BCUT2D eigenvalue weighted by Gasteiger charge is -2.10. The Hall–Kier alpha value is -1.71. The molecule has 1 rings (SSSR count). The first-order chi connectivity index (χ1) is 6.43. The van der Waals surface area contributed by atoms with Crippen LogP contribution in [0, 0.1) is 6.92 Å². The third-order valence-electron chi connectivity index (χ3n) is 2.18. The van der Waals surface area contributed by atoms with E-state index in [-0.39, 0.29) is 11.5 Å². The fourth-order valence-electron chi connectivity index (χ4n) is 1.19. The van der Waals surface area contributed by atoms with Gasteiger partial charge in [0.15, 0.2) is 0 Å². The summed E-state index contributed by atoms with van der Waals surface area (Å²) in [5.74, 6) is -2.02. The molecule has 1 atom stereocenters. The molecule has 0 heterocycles. The van der Waals surface area contributed by atoms with Gasteiger partial charge in [0, 0.05) is 11.6 Å². The Morgan fingerprint density at radius 1 is 1.29 bits per heavy atom. The highest BCUT2D eigenvalue weighted by Gasteiger charge is 2.18. The number of phenolic OH excluding ortho intramolecular Hbond substituents is 2. The van der Waals surface area contributed by atoms with E-state index in [0.29, 0.717) is 11.1 Å². The van der Waals surface area contributed by atoms with Gasteiger partial charge in [-0.15, -0.1) is 0 Å². The lowest BCUT2D eigenvalue weighted by atomic mass is 9.98. The van der Waals surface area contributed by atoms with Crippen LogP contribution in [0.15, 0.2) is 12.1 Å². The first-order valence-corrected chi connectivity index (χ1v) is 4.18. The molecule has 0 radical (unpaired) electrons. The normalized spacial score (nSPS) is 12.4. The highest BCUT2D eigenvalue weighted by molar-refractivity contribution is 5.77. The van der Waals surface area contributed by atoms with E-state index in [1.54, 1.807) is 6.92 Å². The summed E-state index contributed by atoms with van der Waals surface area (Å²) in [6.45, 7) is 3.13. The van der Waals surface area contributed by atoms with E-state index in [1.165, 1.54) is 13.0 Å². The Bertz CT molecular complexity index is 371. The Kier molecular flexibility index (Phi) is 2.65. The van der Waals surface area contributed by atoms with Gasteiger partial charge in [0.05, 0.1) is 5.92 Å². The van der Waals surface area contributed by atoms with Crippen molar-refractivity contribution in [3.05, 3.63) is 23.3 Å². The summed E-state index contributed by atoms with van der Waals surface area (Å²) in [5.41, 5.74) is 0.860. The molecule has 0 saturated carbocycles. The summed E-state index contributed by atoms with van der Waals surface area (Å²) in [4.78, 5) is 10.7. The number of aromatic hydroxyl groups is 2. The molecule has 0 saturated heterocycles. The Morgan fingerprint density at radius 2 is 1.86 bits per heavy atom. The van der Waals surface area contributed by atoms with E-state index < -0.39 is 11.9 Å². The van der Waals surface area contributed by atoms with Crippen molar-refractivity contribution < 1.29 is 20.1 Å². The average molecular weight is 196 g/mol. The number of benzene rings is 1. The van der Waals surface area contributed by atoms with Crippen molar-refractivity contribution in [2.45, 2.75) is 19.8 Å². The first kappa shape index (κ1) is 10.4. The van der Waals surface area contributed by atoms with Crippen molar-refractivity contribution >= 4 is 5.97 Å². The van der Waals surface area contributed by atoms with Crippen molar-refractivity contribution in [2.75, 3.05) is 0 Å². The van der Waals surface area contributed by atoms with Crippen LogP contribution in [0.4, 0.5) is 0 Å². The molecule has 14 heavy (non-hydrogen) atoms. The van der Waals surface area contributed by atoms with Crippen LogP contribution in [0.2, 0.25) is 0 Å². The molecule has 4 heteroatoms. The number of aliphatic carboxylic acids is 1. The van der Waals surface area contributed by atoms with Crippen LogP contribution in [0.3, 0.4) is 0 Å². The summed E-state index contributed by atoms with van der Waals surface area (Å²) >= 11 is 0. The van der Waals surface area contributed by atoms with E-state index in [1.807, 2.05) is 0 Å². The third-order valence-corrected chi connectivity index (χ3v) is 2.18. The number of carboxylic acid groups (broad SMARTS) is 1. The summed E-state index contributed by atoms with van der Waals surface area (Å²) in [5, 5.41) is 27.4. The average Bonchev–Trinajstić information content (AvgIpc) is 2.10. The highest BCUT2D eigenvalue weighted by atomic mass is 16.4. The van der Waals surface area contributed by atoms with Gasteiger partial charge in [-0.1, -0.05) is 0 Å². The van der Waals surface area contributed by atoms with Crippen LogP contribution in [-0.4, -0.2) is 21.3 Å². The van der Waals surface area contributed by atoms with E-state index >= 15 is 0 Å². The number of hydrogen-bond donors (Lipinski definition) is 3. The lowest BCUT2D eigenvalue weighted by molar-refractivity contribution is -0.138. The minimum Gasteiger partial charge on any atom is -0.508 e. The molecule has 0 fully saturated rings. The number of phenols is 2. The fraction of sp³-hybridized carbons (Fsp3) is 0.300. The van der Waals surface area contributed by atoms with Crippen molar-refractivity contribution in [3.8, 4) is 11.5 Å². The second-order valence-electron chi connectivity index (χ2n) is 3.26. The van der Waals surface area contributed by atoms with Gasteiger partial charge in [-0.3, -0.25) is 4.79 Å². The second-order valence-corrected chi connectivity index (χ2v) is 3.26. The van der Waals surface area contributed by atoms with Crippen LogP contribution < -0.4 is 0 Å². The molecular weight excluding hydrogens is 184 g/mol. The smallest absolute Gasteiger partial charge is 0.310 e. The van der Waals surface area contributed by atoms with Gasteiger partial charge >= 0.3 is 5.97 Å². The third kappa shape index (κ3) is 1.79. The Morgan fingerprint density at radius 3 is 2.36 bits per heavy atom. The van der Waals surface area contributed by atoms with E-state index in [4.69, 9.17) is 5.11 Å². The molecule has 0 aliphatic rings. The topological polar surface area (TPSA) is 77.8 Å². The van der Waals surface area contributed by atoms with Crippen molar-refractivity contribution in [3.63, 3.8) is 0 Å². The molecule has 0 spiro atoms. The zero-order chi connectivity index (χ0) is 10.9. The largest absolute Gasteiger partial charge is 0.508 e. The molecule has 76 valence electrons. The molecule has 0 aliphatic carbocycles. The molecule has 3 N–H and O–H groups in total. The summed E-state index contributed by atoms with van der Waals surface area (Å²) in [6, 6.07) is 2.63. The summed E-state index contributed by atoms with van der Waals surface area (Å²) < 4.78 is 0. The highest BCUT2D eigenvalue weighted by Crippen LogP contribution is 2.31. The minimum atomic E-state index is -1.01. The second kappa shape index (κ2) is 3.57. The number of aryl methyl sites for hydroxylation is 1. The maximum atomic E-state index is 10.7. The maximum Gasteiger partial charge on any atom is 0.310 e. The van der Waals surface area contributed by atoms with Crippen LogP contribution in [0.1, 0.15) is 24.0 Å². The number of carboxylic acids is 1. The Labute approximate surface area is 81.4 Å². The number of rotatable bonds is 2. The van der Waals surface area contributed by atoms with Gasteiger partial charge in [0.1, 0.15) is 11.5 Å². The maximum absolute atomic E-state index is 10.7. The van der Waals surface area contributed by atoms with Crippen LogP contribution in [-0.2, 0) is 4.79 Å². The lowest BCUT2D eigenvalue weighted by Crippen LogP contribution is -2.07. The SMILES string of the molecule is Cc1cc(C(C)C(=O)O)c(O)cc1O. The molecule has 0 aliphatic heterocycles. The van der Waals surface area contributed by atoms with Crippen molar-refractivity contribution in [1.82, 2.24) is 0 Å². The van der Waals surface area contributed by atoms with Crippen LogP contribution in [0.5, 0.6) is 11.5 Å². The summed E-state index contributed by atoms with van der Waals surface area (Å²) in [7, 11) is 0. The minimum absolute atomic E-state index is 0.0381. The molecular formula is C10H12O4. The molecule has 4 nitrogen and oxygen atoms in total. The zero-order valence-corrected chi connectivity index (χ0v) is 7.98. The predicted octanol–water partition coefficient (Wildman–Crippen LogP) is 1.59. The molecule has 1 aromatic rings. The number of hydrogen-bond acceptors (Lipinski definition) is 3. The number of carbonyl (C=O) groups is 1. The molecule has 1 aromatic carbocycles. The molecule has 0 aromatic heterocycles. The van der Waals surface area contributed by atoms with Gasteiger partial charge in [-0.25, -0.2) is 0 Å². The van der Waals surface area contributed by atoms with Gasteiger partial charge in [0.2, 0.25) is 0 Å². The van der Waals surface area contributed by atoms with E-state index in [9.17, 15) is 15.0 Å². The standard InChI is InChI=1S/C10H12O4/c1-5-3-7(6(2)10(13)14)9(12)4-8(5)11/h3-4,6,11-12H,1-2H3,(H,13,14). The predicted molar refractivity (Wildman–Crippen MR) is 50.6 cm³/mol.